The van der Waals surface area contributed by atoms with Gasteiger partial charge < -0.3 is 5.32 Å². The average Bonchev–Trinajstić information content (AvgIpc) is 3.11. The summed E-state index contributed by atoms with van der Waals surface area (Å²) in [5.41, 5.74) is 0. The van der Waals surface area contributed by atoms with Crippen LogP contribution in [0.15, 0.2) is 22.4 Å². The molecule has 136 valence electrons. The Labute approximate surface area is 156 Å². The minimum absolute atomic E-state index is 0.0350. The highest BCUT2D eigenvalue weighted by atomic mass is 32.2. The third kappa shape index (κ3) is 6.01. The van der Waals surface area contributed by atoms with E-state index in [0.717, 1.165) is 40.8 Å². The maximum Gasteiger partial charge on any atom is 0.294 e. The number of carbonyl (C=O) groups is 3. The maximum atomic E-state index is 12.4. The summed E-state index contributed by atoms with van der Waals surface area (Å²) in [5, 5.41) is 4.38. The lowest BCUT2D eigenvalue weighted by molar-refractivity contribution is -0.129. The Hall–Kier alpha value is -1.60. The molecule has 1 aromatic heterocycles. The minimum atomic E-state index is -0.397. The molecule has 0 aliphatic carbocycles. The number of thiophene rings is 1. The Bertz CT molecular complexity index is 653. The Morgan fingerprint density at radius 3 is 2.68 bits per heavy atom. The molecule has 0 radical (unpaired) electrons. The van der Waals surface area contributed by atoms with Crippen LogP contribution in [0.2, 0.25) is 0 Å². The van der Waals surface area contributed by atoms with Crippen LogP contribution >= 0.6 is 23.1 Å². The van der Waals surface area contributed by atoms with Gasteiger partial charge >= 0.3 is 0 Å². The Morgan fingerprint density at radius 2 is 2.04 bits per heavy atom. The van der Waals surface area contributed by atoms with Crippen molar-refractivity contribution in [2.75, 3.05) is 6.54 Å². The van der Waals surface area contributed by atoms with Gasteiger partial charge in [0, 0.05) is 10.9 Å². The number of nitrogens with one attached hydrogen (secondary N) is 1. The summed E-state index contributed by atoms with van der Waals surface area (Å²) >= 11 is 2.38. The monoisotopic (exact) mass is 380 g/mol. The van der Waals surface area contributed by atoms with E-state index in [2.05, 4.69) is 19.2 Å². The van der Waals surface area contributed by atoms with Gasteiger partial charge in [0.2, 0.25) is 5.91 Å². The van der Waals surface area contributed by atoms with E-state index < -0.39 is 11.1 Å². The van der Waals surface area contributed by atoms with Crippen LogP contribution in [0.3, 0.4) is 0 Å². The second kappa shape index (κ2) is 9.20. The number of imide groups is 1. The summed E-state index contributed by atoms with van der Waals surface area (Å²) in [4.78, 5) is 38.8. The smallest absolute Gasteiger partial charge is 0.294 e. The van der Waals surface area contributed by atoms with Gasteiger partial charge in [0.05, 0.1) is 4.91 Å². The number of nitrogens with zero attached hydrogens (tertiary/aromatic N) is 1. The van der Waals surface area contributed by atoms with E-state index in [1.54, 1.807) is 6.08 Å². The molecular formula is C18H24N2O3S2. The third-order valence-electron chi connectivity index (χ3n) is 3.82. The Morgan fingerprint density at radius 1 is 1.28 bits per heavy atom. The number of thioether (sulfide) groups is 1. The van der Waals surface area contributed by atoms with Crippen molar-refractivity contribution in [3.05, 3.63) is 27.3 Å². The van der Waals surface area contributed by atoms with E-state index in [9.17, 15) is 14.4 Å². The lowest BCUT2D eigenvalue weighted by Crippen LogP contribution is -2.42. The third-order valence-corrected chi connectivity index (χ3v) is 5.54. The molecule has 1 aliphatic rings. The molecule has 25 heavy (non-hydrogen) atoms. The molecule has 2 heterocycles. The summed E-state index contributed by atoms with van der Waals surface area (Å²) in [6.45, 7) is 6.07. The van der Waals surface area contributed by atoms with Crippen molar-refractivity contribution in [1.29, 1.82) is 0 Å². The van der Waals surface area contributed by atoms with Crippen molar-refractivity contribution in [3.8, 4) is 0 Å². The summed E-state index contributed by atoms with van der Waals surface area (Å²) < 4.78 is 0. The molecule has 1 saturated heterocycles. The molecule has 1 aromatic rings. The van der Waals surface area contributed by atoms with Gasteiger partial charge in [0.1, 0.15) is 6.54 Å². The minimum Gasteiger partial charge on any atom is -0.352 e. The van der Waals surface area contributed by atoms with E-state index in [1.807, 2.05) is 24.4 Å². The zero-order valence-corrected chi connectivity index (χ0v) is 16.4. The SMILES string of the molecule is CC(C)CCCC(C)NC(=O)CN1C(=O)S/C(=C\c2cccs2)C1=O. The normalized spacial score (nSPS) is 17.6. The van der Waals surface area contributed by atoms with Gasteiger partial charge in [0.25, 0.3) is 11.1 Å². The number of rotatable bonds is 8. The highest BCUT2D eigenvalue weighted by molar-refractivity contribution is 8.18. The number of amides is 3. The molecule has 0 saturated carbocycles. The second-order valence-corrected chi connectivity index (χ2v) is 8.55. The molecule has 1 unspecified atom stereocenters. The number of carbonyl (C=O) groups excluding carboxylic acids is 3. The Balaban J connectivity index is 1.86. The predicted molar refractivity (Wildman–Crippen MR) is 103 cm³/mol. The second-order valence-electron chi connectivity index (χ2n) is 6.58. The van der Waals surface area contributed by atoms with Crippen LogP contribution < -0.4 is 5.32 Å². The standard InChI is InChI=1S/C18H24N2O3S2/c1-12(2)6-4-7-13(3)19-16(21)11-20-17(22)15(25-18(20)23)10-14-8-5-9-24-14/h5,8-10,12-13H,4,6-7,11H2,1-3H3,(H,19,21)/b15-10-. The average molecular weight is 381 g/mol. The fourth-order valence-electron chi connectivity index (χ4n) is 2.51. The van der Waals surface area contributed by atoms with E-state index in [4.69, 9.17) is 0 Å². The molecule has 0 bridgehead atoms. The lowest BCUT2D eigenvalue weighted by Gasteiger charge is -2.17. The van der Waals surface area contributed by atoms with E-state index in [0.29, 0.717) is 10.8 Å². The molecule has 1 atom stereocenters. The highest BCUT2D eigenvalue weighted by Gasteiger charge is 2.36. The van der Waals surface area contributed by atoms with Crippen LogP contribution in [0.1, 0.15) is 44.9 Å². The van der Waals surface area contributed by atoms with Crippen LogP contribution in [0.25, 0.3) is 6.08 Å². The van der Waals surface area contributed by atoms with Crippen molar-refractivity contribution < 1.29 is 14.4 Å². The summed E-state index contributed by atoms with van der Waals surface area (Å²) in [6.07, 6.45) is 4.76. The Kier molecular flexibility index (Phi) is 7.25. The largest absolute Gasteiger partial charge is 0.352 e. The first-order valence-corrected chi connectivity index (χ1v) is 10.1. The van der Waals surface area contributed by atoms with Gasteiger partial charge in [0.15, 0.2) is 0 Å². The molecule has 1 aliphatic heterocycles. The fraction of sp³-hybridized carbons (Fsp3) is 0.500. The van der Waals surface area contributed by atoms with Crippen LogP contribution in [-0.4, -0.2) is 34.5 Å². The first kappa shape index (κ1) is 19.7. The molecule has 5 nitrogen and oxygen atoms in total. The zero-order valence-electron chi connectivity index (χ0n) is 14.8. The van der Waals surface area contributed by atoms with Crippen LogP contribution in [0.4, 0.5) is 4.79 Å². The van der Waals surface area contributed by atoms with Gasteiger partial charge in [-0.25, -0.2) is 0 Å². The predicted octanol–water partition coefficient (Wildman–Crippen LogP) is 4.12. The van der Waals surface area contributed by atoms with Crippen molar-refractivity contribution in [3.63, 3.8) is 0 Å². The quantitative estimate of drug-likeness (QED) is 0.689. The molecule has 0 aromatic carbocycles. The first-order valence-electron chi connectivity index (χ1n) is 8.45. The van der Waals surface area contributed by atoms with Gasteiger partial charge in [-0.2, -0.15) is 0 Å². The van der Waals surface area contributed by atoms with Gasteiger partial charge in [-0.3, -0.25) is 19.3 Å². The van der Waals surface area contributed by atoms with Gasteiger partial charge in [-0.1, -0.05) is 32.8 Å². The highest BCUT2D eigenvalue weighted by Crippen LogP contribution is 2.32. The summed E-state index contributed by atoms with van der Waals surface area (Å²) in [6, 6.07) is 3.80. The van der Waals surface area contributed by atoms with Crippen molar-refractivity contribution >= 4 is 46.2 Å². The van der Waals surface area contributed by atoms with Gasteiger partial charge in [-0.05, 0) is 48.5 Å². The number of hydrogen-bond donors (Lipinski definition) is 1. The summed E-state index contributed by atoms with van der Waals surface area (Å²) in [5.74, 6) is -0.0453. The van der Waals surface area contributed by atoms with Crippen LogP contribution in [-0.2, 0) is 9.59 Å². The van der Waals surface area contributed by atoms with Crippen molar-refractivity contribution in [2.24, 2.45) is 5.92 Å². The summed E-state index contributed by atoms with van der Waals surface area (Å²) in [7, 11) is 0. The van der Waals surface area contributed by atoms with E-state index in [-0.39, 0.29) is 18.5 Å². The van der Waals surface area contributed by atoms with E-state index in [1.165, 1.54) is 11.3 Å². The number of hydrogen-bond acceptors (Lipinski definition) is 5. The molecular weight excluding hydrogens is 356 g/mol. The molecule has 0 spiro atoms. The van der Waals surface area contributed by atoms with Crippen LogP contribution in [0.5, 0.6) is 0 Å². The molecule has 1 N–H and O–H groups in total. The van der Waals surface area contributed by atoms with Crippen LogP contribution in [0, 0.1) is 5.92 Å². The molecule has 7 heteroatoms. The first-order chi connectivity index (χ1) is 11.9. The molecule has 2 rings (SSSR count). The van der Waals surface area contributed by atoms with Crippen molar-refractivity contribution in [2.45, 2.75) is 46.1 Å². The van der Waals surface area contributed by atoms with E-state index >= 15 is 0 Å². The fourth-order valence-corrected chi connectivity index (χ4v) is 4.07. The lowest BCUT2D eigenvalue weighted by atomic mass is 10.0. The topological polar surface area (TPSA) is 66.5 Å². The molecule has 3 amide bonds. The molecule has 1 fully saturated rings. The van der Waals surface area contributed by atoms with Gasteiger partial charge in [-0.15, -0.1) is 11.3 Å². The van der Waals surface area contributed by atoms with Crippen molar-refractivity contribution in [1.82, 2.24) is 10.2 Å². The zero-order chi connectivity index (χ0) is 18.4. The maximum absolute atomic E-state index is 12.4.